The monoisotopic (exact) mass is 338 g/mol. The zero-order valence-electron chi connectivity index (χ0n) is 14.0. The van der Waals surface area contributed by atoms with E-state index in [1.807, 2.05) is 29.8 Å². The van der Waals surface area contributed by atoms with Crippen LogP contribution in [0.5, 0.6) is 0 Å². The van der Waals surface area contributed by atoms with Crippen molar-refractivity contribution in [3.63, 3.8) is 0 Å². The summed E-state index contributed by atoms with van der Waals surface area (Å²) >= 11 is 0. The van der Waals surface area contributed by atoms with Crippen LogP contribution in [0.25, 0.3) is 22.2 Å². The topological polar surface area (TPSA) is 50.2 Å². The van der Waals surface area contributed by atoms with Crippen molar-refractivity contribution in [3.8, 4) is 11.1 Å². The highest BCUT2D eigenvalue weighted by Gasteiger charge is 2.21. The standard InChI is InChI=1S/C19H19FN4O/c1-23-12-22-17-11-14(3-5-18(17)23)13-2-4-15(16(20)10-13)19(25)24-8-6-21-7-9-24/h2-5,10-12,21H,6-9H2,1H3. The number of hydrogen-bond acceptors (Lipinski definition) is 3. The van der Waals surface area contributed by atoms with Crippen LogP contribution in [0.15, 0.2) is 42.7 Å². The molecule has 0 unspecified atom stereocenters. The fraction of sp³-hybridized carbons (Fsp3) is 0.263. The first-order valence-corrected chi connectivity index (χ1v) is 8.34. The molecule has 2 aromatic carbocycles. The van der Waals surface area contributed by atoms with Gasteiger partial charge in [-0.15, -0.1) is 0 Å². The van der Waals surface area contributed by atoms with Gasteiger partial charge in [0.2, 0.25) is 0 Å². The highest BCUT2D eigenvalue weighted by atomic mass is 19.1. The second-order valence-corrected chi connectivity index (χ2v) is 6.30. The molecule has 4 rings (SSSR count). The van der Waals surface area contributed by atoms with Gasteiger partial charge in [0.1, 0.15) is 5.82 Å². The lowest BCUT2D eigenvalue weighted by Crippen LogP contribution is -2.46. The van der Waals surface area contributed by atoms with Gasteiger partial charge in [-0.05, 0) is 35.4 Å². The molecule has 1 N–H and O–H groups in total. The first-order valence-electron chi connectivity index (χ1n) is 8.34. The molecule has 2 heterocycles. The number of piperazine rings is 1. The number of halogens is 1. The van der Waals surface area contributed by atoms with Crippen molar-refractivity contribution in [2.24, 2.45) is 7.05 Å². The minimum Gasteiger partial charge on any atom is -0.336 e. The van der Waals surface area contributed by atoms with Gasteiger partial charge in [-0.3, -0.25) is 4.79 Å². The molecule has 1 amide bonds. The first kappa shape index (κ1) is 15.8. The quantitative estimate of drug-likeness (QED) is 0.781. The van der Waals surface area contributed by atoms with E-state index in [2.05, 4.69) is 10.3 Å². The van der Waals surface area contributed by atoms with E-state index in [1.54, 1.807) is 23.4 Å². The molecule has 0 bridgehead atoms. The molecule has 3 aromatic rings. The number of rotatable bonds is 2. The van der Waals surface area contributed by atoms with Crippen molar-refractivity contribution >= 4 is 16.9 Å². The largest absolute Gasteiger partial charge is 0.336 e. The van der Waals surface area contributed by atoms with Gasteiger partial charge < -0.3 is 14.8 Å². The Labute approximate surface area is 145 Å². The van der Waals surface area contributed by atoms with Crippen molar-refractivity contribution < 1.29 is 9.18 Å². The van der Waals surface area contributed by atoms with Gasteiger partial charge >= 0.3 is 0 Å². The maximum Gasteiger partial charge on any atom is 0.256 e. The molecule has 1 fully saturated rings. The molecule has 1 aromatic heterocycles. The maximum absolute atomic E-state index is 14.6. The summed E-state index contributed by atoms with van der Waals surface area (Å²) in [4.78, 5) is 18.5. The van der Waals surface area contributed by atoms with Crippen molar-refractivity contribution in [1.29, 1.82) is 0 Å². The normalized spacial score (nSPS) is 14.9. The number of imidazole rings is 1. The van der Waals surface area contributed by atoms with Gasteiger partial charge in [0.25, 0.3) is 5.91 Å². The van der Waals surface area contributed by atoms with E-state index in [-0.39, 0.29) is 11.5 Å². The van der Waals surface area contributed by atoms with Gasteiger partial charge in [-0.2, -0.15) is 0 Å². The van der Waals surface area contributed by atoms with Crippen LogP contribution in [0.2, 0.25) is 0 Å². The second kappa shape index (κ2) is 6.29. The molecule has 0 radical (unpaired) electrons. The minimum atomic E-state index is -0.484. The van der Waals surface area contributed by atoms with E-state index < -0.39 is 5.82 Å². The van der Waals surface area contributed by atoms with Crippen molar-refractivity contribution in [1.82, 2.24) is 19.8 Å². The van der Waals surface area contributed by atoms with Crippen molar-refractivity contribution in [3.05, 3.63) is 54.1 Å². The predicted octanol–water partition coefficient (Wildman–Crippen LogP) is 2.42. The van der Waals surface area contributed by atoms with Crippen LogP contribution in [0.1, 0.15) is 10.4 Å². The number of nitrogens with one attached hydrogen (secondary N) is 1. The summed E-state index contributed by atoms with van der Waals surface area (Å²) in [6, 6.07) is 10.6. The number of fused-ring (bicyclic) bond motifs is 1. The Balaban J connectivity index is 1.65. The third-order valence-electron chi connectivity index (χ3n) is 4.66. The second-order valence-electron chi connectivity index (χ2n) is 6.30. The summed E-state index contributed by atoms with van der Waals surface area (Å²) in [5, 5.41) is 3.19. The van der Waals surface area contributed by atoms with Gasteiger partial charge in [-0.1, -0.05) is 12.1 Å². The lowest BCUT2D eigenvalue weighted by atomic mass is 10.0. The zero-order chi connectivity index (χ0) is 17.4. The average Bonchev–Trinajstić information content (AvgIpc) is 3.02. The molecular weight excluding hydrogens is 319 g/mol. The summed E-state index contributed by atoms with van der Waals surface area (Å²) < 4.78 is 16.5. The van der Waals surface area contributed by atoms with Gasteiger partial charge in [-0.25, -0.2) is 9.37 Å². The Bertz CT molecular complexity index is 944. The number of carbonyl (C=O) groups is 1. The summed E-state index contributed by atoms with van der Waals surface area (Å²) in [5.74, 6) is -0.729. The van der Waals surface area contributed by atoms with Crippen LogP contribution in [0.4, 0.5) is 4.39 Å². The third-order valence-corrected chi connectivity index (χ3v) is 4.66. The number of aromatic nitrogens is 2. The highest BCUT2D eigenvalue weighted by Crippen LogP contribution is 2.26. The van der Waals surface area contributed by atoms with E-state index in [1.165, 1.54) is 6.07 Å². The van der Waals surface area contributed by atoms with Crippen LogP contribution >= 0.6 is 0 Å². The molecule has 1 aliphatic rings. The van der Waals surface area contributed by atoms with Crippen LogP contribution in [-0.2, 0) is 7.05 Å². The number of amides is 1. The van der Waals surface area contributed by atoms with E-state index in [0.29, 0.717) is 13.1 Å². The van der Waals surface area contributed by atoms with Gasteiger partial charge in [0, 0.05) is 33.2 Å². The molecule has 6 heteroatoms. The number of aryl methyl sites for hydroxylation is 1. The number of carbonyl (C=O) groups excluding carboxylic acids is 1. The SMILES string of the molecule is Cn1cnc2cc(-c3ccc(C(=O)N4CCNCC4)c(F)c3)ccc21. The van der Waals surface area contributed by atoms with Gasteiger partial charge in [0.15, 0.2) is 0 Å². The van der Waals surface area contributed by atoms with E-state index >= 15 is 0 Å². The Morgan fingerprint density at radius 2 is 1.84 bits per heavy atom. The summed E-state index contributed by atoms with van der Waals surface area (Å²) in [5.41, 5.74) is 3.63. The molecule has 0 atom stereocenters. The van der Waals surface area contributed by atoms with E-state index in [9.17, 15) is 9.18 Å². The number of benzene rings is 2. The zero-order valence-corrected chi connectivity index (χ0v) is 14.0. The third kappa shape index (κ3) is 2.89. The predicted molar refractivity (Wildman–Crippen MR) is 94.9 cm³/mol. The Morgan fingerprint density at radius 1 is 1.12 bits per heavy atom. The lowest BCUT2D eigenvalue weighted by Gasteiger charge is -2.27. The maximum atomic E-state index is 14.6. The first-order chi connectivity index (χ1) is 12.1. The highest BCUT2D eigenvalue weighted by molar-refractivity contribution is 5.95. The van der Waals surface area contributed by atoms with E-state index in [0.717, 1.165) is 35.2 Å². The summed E-state index contributed by atoms with van der Waals surface area (Å²) in [7, 11) is 1.94. The fourth-order valence-corrected chi connectivity index (χ4v) is 3.22. The van der Waals surface area contributed by atoms with Crippen LogP contribution < -0.4 is 5.32 Å². The summed E-state index contributed by atoms with van der Waals surface area (Å²) in [6.07, 6.45) is 1.75. The van der Waals surface area contributed by atoms with Crippen LogP contribution in [0, 0.1) is 5.82 Å². The fourth-order valence-electron chi connectivity index (χ4n) is 3.22. The van der Waals surface area contributed by atoms with Gasteiger partial charge in [0.05, 0.1) is 22.9 Å². The Morgan fingerprint density at radius 3 is 2.60 bits per heavy atom. The molecular formula is C19H19FN4O. The molecule has 128 valence electrons. The van der Waals surface area contributed by atoms with Crippen LogP contribution in [0.3, 0.4) is 0 Å². The number of nitrogens with zero attached hydrogens (tertiary/aromatic N) is 3. The lowest BCUT2D eigenvalue weighted by molar-refractivity contribution is 0.0731. The molecule has 0 aliphatic carbocycles. The van der Waals surface area contributed by atoms with E-state index in [4.69, 9.17) is 0 Å². The molecule has 1 saturated heterocycles. The Kier molecular flexibility index (Phi) is 3.97. The van der Waals surface area contributed by atoms with Crippen molar-refractivity contribution in [2.45, 2.75) is 0 Å². The Hall–Kier alpha value is -2.73. The number of hydrogen-bond donors (Lipinski definition) is 1. The molecule has 0 spiro atoms. The average molecular weight is 338 g/mol. The van der Waals surface area contributed by atoms with Crippen molar-refractivity contribution in [2.75, 3.05) is 26.2 Å². The summed E-state index contributed by atoms with van der Waals surface area (Å²) in [6.45, 7) is 2.71. The molecule has 25 heavy (non-hydrogen) atoms. The smallest absolute Gasteiger partial charge is 0.256 e. The molecule has 1 aliphatic heterocycles. The molecule has 5 nitrogen and oxygen atoms in total. The molecule has 0 saturated carbocycles. The van der Waals surface area contributed by atoms with Crippen LogP contribution in [-0.4, -0.2) is 46.5 Å². The minimum absolute atomic E-state index is 0.129.